The van der Waals surface area contributed by atoms with Crippen LogP contribution >= 0.6 is 0 Å². The van der Waals surface area contributed by atoms with Crippen molar-refractivity contribution in [3.05, 3.63) is 52.7 Å². The van der Waals surface area contributed by atoms with Crippen molar-refractivity contribution in [3.63, 3.8) is 0 Å². The average molecular weight is 478 g/mol. The standard InChI is InChI=1S/C26H31N5O4/c32-23-21-16-20(19-5-7-27-8-6-19)17-29-24(21)31(11-10-30-12-14-35-15-13-30)26(34)22(23)25(33)28-9-4-18-2-1-3-18/h5-8,16-18,32H,1-4,9-15H2,(H,28,33). The molecule has 1 saturated heterocycles. The minimum absolute atomic E-state index is 0.221. The van der Waals surface area contributed by atoms with E-state index in [9.17, 15) is 14.7 Å². The Morgan fingerprint density at radius 2 is 1.91 bits per heavy atom. The van der Waals surface area contributed by atoms with Gasteiger partial charge in [-0.05, 0) is 36.1 Å². The van der Waals surface area contributed by atoms with Crippen molar-refractivity contribution in [1.29, 1.82) is 0 Å². The van der Waals surface area contributed by atoms with E-state index in [1.54, 1.807) is 24.7 Å². The van der Waals surface area contributed by atoms with Crippen LogP contribution in [0.4, 0.5) is 0 Å². The van der Waals surface area contributed by atoms with E-state index >= 15 is 0 Å². The maximum absolute atomic E-state index is 13.5. The predicted molar refractivity (Wildman–Crippen MR) is 132 cm³/mol. The third-order valence-corrected chi connectivity index (χ3v) is 7.12. The van der Waals surface area contributed by atoms with E-state index in [-0.39, 0.29) is 11.3 Å². The second-order valence-corrected chi connectivity index (χ2v) is 9.31. The van der Waals surface area contributed by atoms with Gasteiger partial charge >= 0.3 is 0 Å². The van der Waals surface area contributed by atoms with Crippen LogP contribution in [0, 0.1) is 5.92 Å². The van der Waals surface area contributed by atoms with Crippen LogP contribution in [0.25, 0.3) is 22.2 Å². The van der Waals surface area contributed by atoms with E-state index in [0.29, 0.717) is 49.8 Å². The van der Waals surface area contributed by atoms with Crippen molar-refractivity contribution >= 4 is 16.9 Å². The predicted octanol–water partition coefficient (Wildman–Crippen LogP) is 2.42. The van der Waals surface area contributed by atoms with Crippen LogP contribution in [0.1, 0.15) is 36.0 Å². The van der Waals surface area contributed by atoms with Gasteiger partial charge in [0.05, 0.1) is 18.6 Å². The minimum Gasteiger partial charge on any atom is -0.506 e. The normalized spacial score (nSPS) is 16.8. The third-order valence-electron chi connectivity index (χ3n) is 7.12. The van der Waals surface area contributed by atoms with Gasteiger partial charge in [0.15, 0.2) is 0 Å². The Bertz CT molecular complexity index is 1250. The van der Waals surface area contributed by atoms with Gasteiger partial charge in [0, 0.05) is 56.9 Å². The lowest BCUT2D eigenvalue weighted by Crippen LogP contribution is -2.40. The molecule has 1 saturated carbocycles. The van der Waals surface area contributed by atoms with E-state index in [4.69, 9.17) is 4.74 Å². The maximum atomic E-state index is 13.5. The van der Waals surface area contributed by atoms with Gasteiger partial charge in [-0.1, -0.05) is 19.3 Å². The molecule has 4 heterocycles. The molecule has 0 aromatic carbocycles. The zero-order valence-electron chi connectivity index (χ0n) is 19.8. The molecule has 3 aromatic heterocycles. The summed E-state index contributed by atoms with van der Waals surface area (Å²) >= 11 is 0. The molecular formula is C26H31N5O4. The molecule has 0 spiro atoms. The number of hydrogen-bond donors (Lipinski definition) is 2. The third kappa shape index (κ3) is 5.06. The van der Waals surface area contributed by atoms with Crippen LogP contribution in [-0.4, -0.2) is 69.8 Å². The number of rotatable bonds is 8. The fourth-order valence-electron chi connectivity index (χ4n) is 4.75. The van der Waals surface area contributed by atoms with E-state index in [1.807, 2.05) is 12.1 Å². The first kappa shape index (κ1) is 23.4. The quantitative estimate of drug-likeness (QED) is 0.513. The number of amides is 1. The molecule has 5 rings (SSSR count). The van der Waals surface area contributed by atoms with Crippen molar-refractivity contribution in [2.24, 2.45) is 5.92 Å². The molecule has 2 fully saturated rings. The number of aromatic hydroxyl groups is 1. The molecule has 3 aromatic rings. The fraction of sp³-hybridized carbons (Fsp3) is 0.462. The topological polar surface area (TPSA) is 110 Å². The van der Waals surface area contributed by atoms with Crippen molar-refractivity contribution in [2.75, 3.05) is 39.4 Å². The van der Waals surface area contributed by atoms with Crippen molar-refractivity contribution < 1.29 is 14.6 Å². The molecule has 9 nitrogen and oxygen atoms in total. The lowest BCUT2D eigenvalue weighted by molar-refractivity contribution is 0.0364. The van der Waals surface area contributed by atoms with Crippen LogP contribution in [0.5, 0.6) is 5.75 Å². The second-order valence-electron chi connectivity index (χ2n) is 9.31. The molecule has 1 aliphatic heterocycles. The molecule has 35 heavy (non-hydrogen) atoms. The summed E-state index contributed by atoms with van der Waals surface area (Å²) < 4.78 is 6.94. The van der Waals surface area contributed by atoms with Crippen molar-refractivity contribution in [2.45, 2.75) is 32.2 Å². The minimum atomic E-state index is -0.539. The summed E-state index contributed by atoms with van der Waals surface area (Å²) in [6.07, 6.45) is 9.56. The molecule has 0 radical (unpaired) electrons. The Morgan fingerprint density at radius 3 is 2.63 bits per heavy atom. The summed E-state index contributed by atoms with van der Waals surface area (Å²) in [5.74, 6) is -0.224. The van der Waals surface area contributed by atoms with Gasteiger partial charge in [-0.25, -0.2) is 4.98 Å². The number of aromatic nitrogens is 3. The Kier molecular flexibility index (Phi) is 7.06. The first-order chi connectivity index (χ1) is 17.1. The summed E-state index contributed by atoms with van der Waals surface area (Å²) in [6, 6.07) is 5.48. The maximum Gasteiger partial charge on any atom is 0.268 e. The first-order valence-electron chi connectivity index (χ1n) is 12.4. The number of pyridine rings is 3. The Morgan fingerprint density at radius 1 is 1.14 bits per heavy atom. The van der Waals surface area contributed by atoms with Crippen molar-refractivity contribution in [3.8, 4) is 16.9 Å². The zero-order chi connectivity index (χ0) is 24.2. The van der Waals surface area contributed by atoms with Gasteiger partial charge in [-0.3, -0.25) is 24.0 Å². The van der Waals surface area contributed by atoms with E-state index in [1.165, 1.54) is 23.8 Å². The number of carbonyl (C=O) groups excluding carboxylic acids is 1. The number of ether oxygens (including phenoxy) is 1. The van der Waals surface area contributed by atoms with Gasteiger partial charge in [0.2, 0.25) is 0 Å². The fourth-order valence-corrected chi connectivity index (χ4v) is 4.75. The van der Waals surface area contributed by atoms with Crippen LogP contribution in [0.15, 0.2) is 41.6 Å². The highest BCUT2D eigenvalue weighted by Gasteiger charge is 2.24. The van der Waals surface area contributed by atoms with Gasteiger partial charge in [0.1, 0.15) is 17.0 Å². The van der Waals surface area contributed by atoms with E-state index < -0.39 is 11.5 Å². The smallest absolute Gasteiger partial charge is 0.268 e. The number of fused-ring (bicyclic) bond motifs is 1. The molecule has 2 aliphatic rings. The highest BCUT2D eigenvalue weighted by molar-refractivity contribution is 6.02. The number of hydrogen-bond acceptors (Lipinski definition) is 7. The molecule has 184 valence electrons. The summed E-state index contributed by atoms with van der Waals surface area (Å²) in [5, 5.41) is 14.4. The number of carbonyl (C=O) groups is 1. The lowest BCUT2D eigenvalue weighted by atomic mass is 9.83. The first-order valence-corrected chi connectivity index (χ1v) is 12.4. The molecule has 2 N–H and O–H groups in total. The van der Waals surface area contributed by atoms with E-state index in [0.717, 1.165) is 30.6 Å². The Balaban J connectivity index is 1.51. The van der Waals surface area contributed by atoms with Gasteiger partial charge < -0.3 is 15.2 Å². The molecule has 1 amide bonds. The monoisotopic (exact) mass is 477 g/mol. The molecule has 0 unspecified atom stereocenters. The lowest BCUT2D eigenvalue weighted by Gasteiger charge is -2.27. The van der Waals surface area contributed by atoms with Gasteiger partial charge in [-0.2, -0.15) is 0 Å². The number of nitrogens with one attached hydrogen (secondary N) is 1. The van der Waals surface area contributed by atoms with Gasteiger partial charge in [-0.15, -0.1) is 0 Å². The Labute approximate surface area is 203 Å². The highest BCUT2D eigenvalue weighted by atomic mass is 16.5. The number of morpholine rings is 1. The molecule has 0 atom stereocenters. The summed E-state index contributed by atoms with van der Waals surface area (Å²) in [7, 11) is 0. The van der Waals surface area contributed by atoms with Crippen LogP contribution in [0.2, 0.25) is 0 Å². The second kappa shape index (κ2) is 10.5. The highest BCUT2D eigenvalue weighted by Crippen LogP contribution is 2.30. The molecule has 9 heteroatoms. The summed E-state index contributed by atoms with van der Waals surface area (Å²) in [5.41, 5.74) is 1.27. The summed E-state index contributed by atoms with van der Waals surface area (Å²) in [4.78, 5) is 37.4. The van der Waals surface area contributed by atoms with Crippen LogP contribution < -0.4 is 10.9 Å². The molecular weight excluding hydrogens is 446 g/mol. The van der Waals surface area contributed by atoms with Crippen molar-refractivity contribution in [1.82, 2.24) is 24.8 Å². The number of nitrogens with zero attached hydrogens (tertiary/aromatic N) is 4. The largest absolute Gasteiger partial charge is 0.506 e. The SMILES string of the molecule is O=C(NCCC1CCC1)c1c(O)c2cc(-c3ccncc3)cnc2n(CCN2CCOCC2)c1=O. The average Bonchev–Trinajstić information content (AvgIpc) is 2.86. The van der Waals surface area contributed by atoms with E-state index in [2.05, 4.69) is 20.2 Å². The van der Waals surface area contributed by atoms with Crippen LogP contribution in [-0.2, 0) is 11.3 Å². The Hall–Kier alpha value is -3.30. The van der Waals surface area contributed by atoms with Gasteiger partial charge in [0.25, 0.3) is 11.5 Å². The van der Waals surface area contributed by atoms with Crippen LogP contribution in [0.3, 0.4) is 0 Å². The zero-order valence-corrected chi connectivity index (χ0v) is 19.8. The summed E-state index contributed by atoms with van der Waals surface area (Å²) in [6.45, 7) is 4.38. The molecule has 0 bridgehead atoms. The molecule has 1 aliphatic carbocycles.